The highest BCUT2D eigenvalue weighted by Gasteiger charge is 2.46. The third kappa shape index (κ3) is 4.14. The van der Waals surface area contributed by atoms with Gasteiger partial charge in [-0.15, -0.1) is 0 Å². The van der Waals surface area contributed by atoms with Gasteiger partial charge in [0.15, 0.2) is 0 Å². The Hall–Kier alpha value is -2.53. The Bertz CT molecular complexity index is 862. The van der Waals surface area contributed by atoms with E-state index in [2.05, 4.69) is 5.32 Å². The highest BCUT2D eigenvalue weighted by Crippen LogP contribution is 2.33. The van der Waals surface area contributed by atoms with Gasteiger partial charge in [-0.1, -0.05) is 48.0 Å². The number of ether oxygens (including phenoxy) is 1. The van der Waals surface area contributed by atoms with Gasteiger partial charge < -0.3 is 10.1 Å². The van der Waals surface area contributed by atoms with E-state index in [4.69, 9.17) is 16.3 Å². The van der Waals surface area contributed by atoms with Gasteiger partial charge >= 0.3 is 6.09 Å². The number of anilines is 1. The third-order valence-electron chi connectivity index (χ3n) is 5.23. The van der Waals surface area contributed by atoms with Crippen molar-refractivity contribution in [2.75, 3.05) is 11.9 Å². The van der Waals surface area contributed by atoms with Crippen LogP contribution in [0.25, 0.3) is 0 Å². The lowest BCUT2D eigenvalue weighted by Crippen LogP contribution is -2.53. The minimum absolute atomic E-state index is 0.177. The molecule has 1 N–H and O–H groups in total. The maximum atomic E-state index is 13.1. The van der Waals surface area contributed by atoms with Gasteiger partial charge in [-0.25, -0.2) is 4.79 Å². The standard InChI is InChI=1S/C22H25ClN2O3/c1-15-12-16(2)19(18(23)13-15)24-20(26)22(3)10-7-11-25(22)21(27)28-14-17-8-5-4-6-9-17/h4-6,8-9,12-13H,7,10-11,14H2,1-3H3,(H,24,26). The van der Waals surface area contributed by atoms with E-state index in [0.29, 0.717) is 23.7 Å². The summed E-state index contributed by atoms with van der Waals surface area (Å²) in [5, 5.41) is 3.42. The average Bonchev–Trinajstić information content (AvgIpc) is 3.06. The van der Waals surface area contributed by atoms with Crippen LogP contribution in [0.3, 0.4) is 0 Å². The molecule has 1 fully saturated rings. The average molecular weight is 401 g/mol. The van der Waals surface area contributed by atoms with Crippen molar-refractivity contribution < 1.29 is 14.3 Å². The Morgan fingerprint density at radius 1 is 1.21 bits per heavy atom. The minimum atomic E-state index is -0.978. The number of amides is 2. The van der Waals surface area contributed by atoms with Crippen LogP contribution in [0.2, 0.25) is 5.02 Å². The van der Waals surface area contributed by atoms with Crippen molar-refractivity contribution in [2.45, 2.75) is 45.8 Å². The zero-order valence-electron chi connectivity index (χ0n) is 16.4. The van der Waals surface area contributed by atoms with Gasteiger partial charge in [-0.05, 0) is 56.4 Å². The second-order valence-corrected chi connectivity index (χ2v) is 7.87. The predicted molar refractivity (Wildman–Crippen MR) is 111 cm³/mol. The number of carbonyl (C=O) groups excluding carboxylic acids is 2. The first-order chi connectivity index (χ1) is 13.3. The van der Waals surface area contributed by atoms with E-state index in [-0.39, 0.29) is 12.5 Å². The first-order valence-corrected chi connectivity index (χ1v) is 9.75. The fraction of sp³-hybridized carbons (Fsp3) is 0.364. The van der Waals surface area contributed by atoms with Gasteiger partial charge in [0.05, 0.1) is 10.7 Å². The molecule has 28 heavy (non-hydrogen) atoms. The summed E-state index contributed by atoms with van der Waals surface area (Å²) in [6, 6.07) is 13.3. The molecule has 0 aliphatic carbocycles. The van der Waals surface area contributed by atoms with Crippen LogP contribution in [-0.2, 0) is 16.1 Å². The molecule has 1 aliphatic heterocycles. The molecular formula is C22H25ClN2O3. The third-order valence-corrected chi connectivity index (χ3v) is 5.52. The molecule has 1 unspecified atom stereocenters. The van der Waals surface area contributed by atoms with Crippen molar-refractivity contribution >= 4 is 29.3 Å². The molecule has 6 heteroatoms. The summed E-state index contributed by atoms with van der Waals surface area (Å²) < 4.78 is 5.45. The van der Waals surface area contributed by atoms with Crippen LogP contribution in [0, 0.1) is 13.8 Å². The topological polar surface area (TPSA) is 58.6 Å². The van der Waals surface area contributed by atoms with Crippen molar-refractivity contribution in [3.8, 4) is 0 Å². The van der Waals surface area contributed by atoms with Crippen LogP contribution in [-0.4, -0.2) is 29.0 Å². The summed E-state index contributed by atoms with van der Waals surface area (Å²) in [4.78, 5) is 27.3. The Balaban J connectivity index is 1.72. The monoisotopic (exact) mass is 400 g/mol. The highest BCUT2D eigenvalue weighted by atomic mass is 35.5. The lowest BCUT2D eigenvalue weighted by atomic mass is 9.97. The largest absolute Gasteiger partial charge is 0.445 e. The smallest absolute Gasteiger partial charge is 0.410 e. The van der Waals surface area contributed by atoms with Crippen molar-refractivity contribution in [1.29, 1.82) is 0 Å². The van der Waals surface area contributed by atoms with E-state index < -0.39 is 11.6 Å². The molecule has 0 radical (unpaired) electrons. The summed E-state index contributed by atoms with van der Waals surface area (Å²) >= 11 is 6.33. The molecule has 5 nitrogen and oxygen atoms in total. The zero-order valence-corrected chi connectivity index (χ0v) is 17.2. The minimum Gasteiger partial charge on any atom is -0.445 e. The molecule has 1 atom stereocenters. The quantitative estimate of drug-likeness (QED) is 0.777. The van der Waals surface area contributed by atoms with Gasteiger partial charge in [0.2, 0.25) is 5.91 Å². The maximum absolute atomic E-state index is 13.1. The number of likely N-dealkylation sites (tertiary alicyclic amines) is 1. The number of benzene rings is 2. The van der Waals surface area contributed by atoms with Gasteiger partial charge in [0.1, 0.15) is 12.1 Å². The van der Waals surface area contributed by atoms with E-state index >= 15 is 0 Å². The Labute approximate surface area is 170 Å². The van der Waals surface area contributed by atoms with Gasteiger partial charge in [0.25, 0.3) is 0 Å². The van der Waals surface area contributed by atoms with E-state index in [0.717, 1.165) is 23.1 Å². The summed E-state index contributed by atoms with van der Waals surface area (Å²) in [6.45, 7) is 6.29. The summed E-state index contributed by atoms with van der Waals surface area (Å²) in [5.74, 6) is -0.254. The Morgan fingerprint density at radius 3 is 2.61 bits per heavy atom. The molecule has 2 aromatic carbocycles. The van der Waals surface area contributed by atoms with Crippen LogP contribution >= 0.6 is 11.6 Å². The van der Waals surface area contributed by atoms with E-state index in [1.165, 1.54) is 4.90 Å². The number of hydrogen-bond donors (Lipinski definition) is 1. The number of hydrogen-bond acceptors (Lipinski definition) is 3. The zero-order chi connectivity index (χ0) is 20.3. The van der Waals surface area contributed by atoms with Crippen LogP contribution in [0.5, 0.6) is 0 Å². The van der Waals surface area contributed by atoms with E-state index in [1.807, 2.05) is 56.3 Å². The number of nitrogens with one attached hydrogen (secondary N) is 1. The summed E-state index contributed by atoms with van der Waals surface area (Å²) in [5.41, 5.74) is 2.43. The van der Waals surface area contributed by atoms with Crippen LogP contribution < -0.4 is 5.32 Å². The van der Waals surface area contributed by atoms with Gasteiger partial charge in [0, 0.05) is 6.54 Å². The van der Waals surface area contributed by atoms with Crippen molar-refractivity contribution in [2.24, 2.45) is 0 Å². The molecule has 0 aromatic heterocycles. The number of carbonyl (C=O) groups is 2. The predicted octanol–water partition coefficient (Wildman–Crippen LogP) is 5.09. The molecule has 0 saturated carbocycles. The molecule has 2 aromatic rings. The SMILES string of the molecule is Cc1cc(C)c(NC(=O)C2(C)CCCN2C(=O)OCc2ccccc2)c(Cl)c1. The van der Waals surface area contributed by atoms with Gasteiger partial charge in [-0.2, -0.15) is 0 Å². The number of nitrogens with zero attached hydrogens (tertiary/aromatic N) is 1. The second kappa shape index (κ2) is 8.23. The van der Waals surface area contributed by atoms with E-state index in [1.54, 1.807) is 6.92 Å². The Kier molecular flexibility index (Phi) is 5.94. The fourth-order valence-electron chi connectivity index (χ4n) is 3.61. The Morgan fingerprint density at radius 2 is 1.93 bits per heavy atom. The number of rotatable bonds is 4. The molecule has 1 heterocycles. The molecule has 1 aliphatic rings. The number of halogens is 1. The number of aryl methyl sites for hydroxylation is 2. The lowest BCUT2D eigenvalue weighted by molar-refractivity contribution is -0.125. The van der Waals surface area contributed by atoms with Crippen LogP contribution in [0.1, 0.15) is 36.5 Å². The fourth-order valence-corrected chi connectivity index (χ4v) is 3.98. The molecule has 148 valence electrons. The van der Waals surface area contributed by atoms with Gasteiger partial charge in [-0.3, -0.25) is 9.69 Å². The molecule has 0 bridgehead atoms. The highest BCUT2D eigenvalue weighted by molar-refractivity contribution is 6.34. The summed E-state index contributed by atoms with van der Waals surface area (Å²) in [6.07, 6.45) is 0.831. The second-order valence-electron chi connectivity index (χ2n) is 7.46. The normalized spacial score (nSPS) is 18.8. The summed E-state index contributed by atoms with van der Waals surface area (Å²) in [7, 11) is 0. The molecule has 2 amide bonds. The van der Waals surface area contributed by atoms with Crippen molar-refractivity contribution in [3.05, 3.63) is 64.2 Å². The van der Waals surface area contributed by atoms with Crippen molar-refractivity contribution in [1.82, 2.24) is 4.90 Å². The first kappa shape index (κ1) is 20.2. The molecule has 1 saturated heterocycles. The van der Waals surface area contributed by atoms with E-state index in [9.17, 15) is 9.59 Å². The molecule has 0 spiro atoms. The molecular weight excluding hydrogens is 376 g/mol. The van der Waals surface area contributed by atoms with Crippen LogP contribution in [0.15, 0.2) is 42.5 Å². The molecule has 3 rings (SSSR count). The van der Waals surface area contributed by atoms with Crippen LogP contribution in [0.4, 0.5) is 10.5 Å². The van der Waals surface area contributed by atoms with Crippen molar-refractivity contribution in [3.63, 3.8) is 0 Å². The lowest BCUT2D eigenvalue weighted by Gasteiger charge is -2.33. The maximum Gasteiger partial charge on any atom is 0.410 e. The first-order valence-electron chi connectivity index (χ1n) is 9.38.